The molecule has 0 spiro atoms. The average Bonchev–Trinajstić information content (AvgIpc) is 2.42. The van der Waals surface area contributed by atoms with E-state index in [-0.39, 0.29) is 23.4 Å². The Balaban J connectivity index is 3.01. The summed E-state index contributed by atoms with van der Waals surface area (Å²) in [6, 6.07) is 3.93. The van der Waals surface area contributed by atoms with Gasteiger partial charge in [0.15, 0.2) is 0 Å². The van der Waals surface area contributed by atoms with Gasteiger partial charge < -0.3 is 20.1 Å². The number of aliphatic hydroxyl groups excluding tert-OH is 2. The molecule has 0 fully saturated rings. The van der Waals surface area contributed by atoms with Crippen molar-refractivity contribution in [2.24, 2.45) is 5.11 Å². The lowest BCUT2D eigenvalue weighted by atomic mass is 10.0. The molecule has 2 atom stereocenters. The van der Waals surface area contributed by atoms with E-state index in [1.54, 1.807) is 0 Å². The van der Waals surface area contributed by atoms with Crippen molar-refractivity contribution in [3.8, 4) is 5.75 Å². The number of methoxy groups -OCH3 is 1. The molecule has 8 nitrogen and oxygen atoms in total. The zero-order chi connectivity index (χ0) is 14.4. The van der Waals surface area contributed by atoms with Crippen LogP contribution in [0.15, 0.2) is 23.3 Å². The summed E-state index contributed by atoms with van der Waals surface area (Å²) in [6.45, 7) is -0.291. The van der Waals surface area contributed by atoms with Gasteiger partial charge in [-0.05, 0) is 23.2 Å². The number of aliphatic hydroxyl groups is 2. The predicted molar refractivity (Wildman–Crippen MR) is 64.9 cm³/mol. The van der Waals surface area contributed by atoms with Crippen molar-refractivity contribution < 1.29 is 24.9 Å². The number of nitrogens with zero attached hydrogens (tertiary/aromatic N) is 3. The molecule has 19 heavy (non-hydrogen) atoms. The van der Waals surface area contributed by atoms with E-state index in [4.69, 9.17) is 15.4 Å². The van der Waals surface area contributed by atoms with E-state index in [1.165, 1.54) is 25.3 Å². The number of ether oxygens (including phenoxy) is 1. The zero-order valence-electron chi connectivity index (χ0n) is 10.1. The third kappa shape index (κ3) is 3.59. The van der Waals surface area contributed by atoms with Crippen LogP contribution in [0, 0.1) is 0 Å². The smallest absolute Gasteiger partial charge is 0.339 e. The highest BCUT2D eigenvalue weighted by molar-refractivity contribution is 5.91. The molecule has 0 heterocycles. The van der Waals surface area contributed by atoms with Crippen molar-refractivity contribution in [1.82, 2.24) is 0 Å². The van der Waals surface area contributed by atoms with E-state index < -0.39 is 18.2 Å². The number of carboxylic acids is 1. The van der Waals surface area contributed by atoms with E-state index in [9.17, 15) is 15.0 Å². The Morgan fingerprint density at radius 1 is 1.53 bits per heavy atom. The normalized spacial score (nSPS) is 13.2. The summed E-state index contributed by atoms with van der Waals surface area (Å²) >= 11 is 0. The van der Waals surface area contributed by atoms with Crippen LogP contribution < -0.4 is 4.74 Å². The van der Waals surface area contributed by atoms with Crippen LogP contribution in [0.25, 0.3) is 10.4 Å². The molecule has 0 bridgehead atoms. The van der Waals surface area contributed by atoms with Crippen molar-refractivity contribution in [2.75, 3.05) is 13.7 Å². The molecule has 0 aliphatic heterocycles. The Labute approximate surface area is 108 Å². The molecule has 0 saturated carbocycles. The predicted octanol–water partition coefficient (Wildman–Crippen LogP) is 1.10. The average molecular weight is 267 g/mol. The number of benzene rings is 1. The van der Waals surface area contributed by atoms with Gasteiger partial charge in [-0.3, -0.25) is 0 Å². The number of carboxylic acid groups (broad SMARTS) is 1. The van der Waals surface area contributed by atoms with E-state index in [0.717, 1.165) is 0 Å². The fourth-order valence-corrected chi connectivity index (χ4v) is 1.51. The van der Waals surface area contributed by atoms with E-state index in [0.29, 0.717) is 0 Å². The highest BCUT2D eigenvalue weighted by Gasteiger charge is 2.20. The third-order valence-electron chi connectivity index (χ3n) is 2.49. The van der Waals surface area contributed by atoms with Crippen LogP contribution in [0.4, 0.5) is 0 Å². The summed E-state index contributed by atoms with van der Waals surface area (Å²) in [5, 5.41) is 31.5. The molecule has 0 aromatic heterocycles. The first-order valence-corrected chi connectivity index (χ1v) is 5.29. The largest absolute Gasteiger partial charge is 0.496 e. The molecule has 3 N–H and O–H groups in total. The number of rotatable bonds is 6. The Morgan fingerprint density at radius 3 is 2.74 bits per heavy atom. The molecule has 1 aromatic carbocycles. The summed E-state index contributed by atoms with van der Waals surface area (Å²) in [6.07, 6.45) is -2.58. The molecule has 0 aliphatic carbocycles. The van der Waals surface area contributed by atoms with Crippen molar-refractivity contribution in [3.63, 3.8) is 0 Å². The van der Waals surface area contributed by atoms with Gasteiger partial charge >= 0.3 is 5.97 Å². The Morgan fingerprint density at radius 2 is 2.21 bits per heavy atom. The monoisotopic (exact) mass is 267 g/mol. The van der Waals surface area contributed by atoms with Crippen molar-refractivity contribution >= 4 is 5.97 Å². The number of azide groups is 1. The van der Waals surface area contributed by atoms with Gasteiger partial charge in [-0.15, -0.1) is 0 Å². The van der Waals surface area contributed by atoms with Crippen LogP contribution in [0.1, 0.15) is 22.0 Å². The molecule has 102 valence electrons. The maximum Gasteiger partial charge on any atom is 0.339 e. The van der Waals surface area contributed by atoms with Crippen LogP contribution in [0.3, 0.4) is 0 Å². The standard InChI is InChI=1S/C11H13N3O5/c1-19-9-4-6(2-3-7(9)11(17)18)10(16)8(15)5-13-14-12/h2-4,8,10,15-16H,5H2,1H3,(H,17,18). The molecule has 0 amide bonds. The van der Waals surface area contributed by atoms with Gasteiger partial charge in [0.05, 0.1) is 19.8 Å². The van der Waals surface area contributed by atoms with Gasteiger partial charge in [0.25, 0.3) is 0 Å². The topological polar surface area (TPSA) is 136 Å². The first-order valence-electron chi connectivity index (χ1n) is 5.29. The maximum atomic E-state index is 10.9. The Kier molecular flexibility index (Phi) is 5.13. The summed E-state index contributed by atoms with van der Waals surface area (Å²) in [5.74, 6) is -1.09. The Bertz CT molecular complexity index is 513. The lowest BCUT2D eigenvalue weighted by Gasteiger charge is -2.17. The second kappa shape index (κ2) is 6.60. The van der Waals surface area contributed by atoms with E-state index in [1.807, 2.05) is 0 Å². The van der Waals surface area contributed by atoms with Crippen LogP contribution >= 0.6 is 0 Å². The van der Waals surface area contributed by atoms with E-state index in [2.05, 4.69) is 10.0 Å². The fraction of sp³-hybridized carbons (Fsp3) is 0.364. The van der Waals surface area contributed by atoms with Gasteiger partial charge in [-0.25, -0.2) is 4.79 Å². The van der Waals surface area contributed by atoms with Crippen LogP contribution in [-0.2, 0) is 0 Å². The van der Waals surface area contributed by atoms with E-state index >= 15 is 0 Å². The highest BCUT2D eigenvalue weighted by atomic mass is 16.5. The summed E-state index contributed by atoms with van der Waals surface area (Å²) in [7, 11) is 1.30. The van der Waals surface area contributed by atoms with Gasteiger partial charge in [-0.2, -0.15) is 0 Å². The van der Waals surface area contributed by atoms with Crippen molar-refractivity contribution in [2.45, 2.75) is 12.2 Å². The maximum absolute atomic E-state index is 10.9. The molecule has 1 rings (SSSR count). The minimum Gasteiger partial charge on any atom is -0.496 e. The lowest BCUT2D eigenvalue weighted by molar-refractivity contribution is 0.0243. The molecule has 0 saturated heterocycles. The minimum absolute atomic E-state index is 0.0528. The zero-order valence-corrected chi connectivity index (χ0v) is 10.1. The van der Waals surface area contributed by atoms with Crippen LogP contribution in [0.5, 0.6) is 5.75 Å². The van der Waals surface area contributed by atoms with Gasteiger partial charge in [0.1, 0.15) is 17.4 Å². The molecule has 1 aromatic rings. The van der Waals surface area contributed by atoms with Gasteiger partial charge in [0.2, 0.25) is 0 Å². The molecule has 0 aliphatic rings. The first kappa shape index (κ1) is 14.8. The quantitative estimate of drug-likeness (QED) is 0.402. The fourth-order valence-electron chi connectivity index (χ4n) is 1.51. The molecular weight excluding hydrogens is 254 g/mol. The molecule has 2 unspecified atom stereocenters. The van der Waals surface area contributed by atoms with Crippen molar-refractivity contribution in [3.05, 3.63) is 39.8 Å². The number of hydrogen-bond donors (Lipinski definition) is 3. The second-order valence-electron chi connectivity index (χ2n) is 3.69. The highest BCUT2D eigenvalue weighted by Crippen LogP contribution is 2.25. The SMILES string of the molecule is COc1cc(C(O)C(O)CN=[N+]=[N-])ccc1C(=O)O. The summed E-state index contributed by atoms with van der Waals surface area (Å²) < 4.78 is 4.90. The van der Waals surface area contributed by atoms with Gasteiger partial charge in [-0.1, -0.05) is 11.2 Å². The van der Waals surface area contributed by atoms with Crippen LogP contribution in [0.2, 0.25) is 0 Å². The first-order chi connectivity index (χ1) is 9.01. The van der Waals surface area contributed by atoms with Crippen LogP contribution in [-0.4, -0.2) is 41.0 Å². The number of hydrogen-bond acceptors (Lipinski definition) is 5. The lowest BCUT2D eigenvalue weighted by Crippen LogP contribution is -2.21. The molecular formula is C11H13N3O5. The number of aromatic carboxylic acids is 1. The minimum atomic E-state index is -1.30. The number of carbonyl (C=O) groups is 1. The summed E-state index contributed by atoms with van der Waals surface area (Å²) in [4.78, 5) is 13.4. The van der Waals surface area contributed by atoms with Gasteiger partial charge in [0, 0.05) is 4.91 Å². The molecule has 8 heteroatoms. The molecule has 0 radical (unpaired) electrons. The third-order valence-corrected chi connectivity index (χ3v) is 2.49. The Hall–Kier alpha value is -2.28. The second-order valence-corrected chi connectivity index (χ2v) is 3.69. The van der Waals surface area contributed by atoms with Crippen molar-refractivity contribution in [1.29, 1.82) is 0 Å². The summed E-state index contributed by atoms with van der Waals surface area (Å²) in [5.41, 5.74) is 8.34.